The third-order valence-corrected chi connectivity index (χ3v) is 3.18. The largest absolute Gasteiger partial charge is 0.314 e. The molecule has 1 atom stereocenters. The molecule has 1 aromatic heterocycles. The molecule has 1 fully saturated rings. The van der Waals surface area contributed by atoms with Crippen LogP contribution in [-0.2, 0) is 6.54 Å². The van der Waals surface area contributed by atoms with Gasteiger partial charge in [-0.2, -0.15) is 5.10 Å². The van der Waals surface area contributed by atoms with E-state index in [0.717, 1.165) is 32.7 Å². The van der Waals surface area contributed by atoms with E-state index in [1.807, 2.05) is 4.68 Å². The molecule has 1 saturated heterocycles. The first kappa shape index (κ1) is 17.6. The highest BCUT2D eigenvalue weighted by Crippen LogP contribution is 2.09. The van der Waals surface area contributed by atoms with Crippen LogP contribution in [0, 0.1) is 0 Å². The SMILES string of the molecule is CCCC1CNCCN1CCn1cncn1.Cl.Cl. The van der Waals surface area contributed by atoms with Crippen molar-refractivity contribution >= 4 is 24.8 Å². The van der Waals surface area contributed by atoms with Crippen molar-refractivity contribution < 1.29 is 0 Å². The Morgan fingerprint density at radius 2 is 2.17 bits per heavy atom. The van der Waals surface area contributed by atoms with E-state index in [2.05, 4.69) is 27.2 Å². The molecule has 7 heteroatoms. The fourth-order valence-electron chi connectivity index (χ4n) is 2.29. The van der Waals surface area contributed by atoms with Crippen LogP contribution in [0.1, 0.15) is 19.8 Å². The molecule has 1 N–H and O–H groups in total. The van der Waals surface area contributed by atoms with Crippen molar-refractivity contribution in [3.63, 3.8) is 0 Å². The van der Waals surface area contributed by atoms with Crippen molar-refractivity contribution in [2.75, 3.05) is 26.2 Å². The molecule has 0 bridgehead atoms. The predicted octanol–water partition coefficient (Wildman–Crippen LogP) is 1.20. The quantitative estimate of drug-likeness (QED) is 0.887. The Labute approximate surface area is 121 Å². The van der Waals surface area contributed by atoms with Crippen LogP contribution in [0.25, 0.3) is 0 Å². The van der Waals surface area contributed by atoms with Crippen LogP contribution in [0.2, 0.25) is 0 Å². The molecule has 18 heavy (non-hydrogen) atoms. The first-order valence-electron chi connectivity index (χ1n) is 6.17. The van der Waals surface area contributed by atoms with E-state index in [0.29, 0.717) is 6.04 Å². The van der Waals surface area contributed by atoms with Gasteiger partial charge in [0.05, 0.1) is 6.54 Å². The van der Waals surface area contributed by atoms with Gasteiger partial charge in [-0.15, -0.1) is 24.8 Å². The van der Waals surface area contributed by atoms with Crippen LogP contribution in [0.4, 0.5) is 0 Å². The Bertz CT molecular complexity index is 292. The fourth-order valence-corrected chi connectivity index (χ4v) is 2.29. The van der Waals surface area contributed by atoms with Gasteiger partial charge in [-0.1, -0.05) is 13.3 Å². The lowest BCUT2D eigenvalue weighted by atomic mass is 10.1. The molecule has 0 aliphatic carbocycles. The van der Waals surface area contributed by atoms with E-state index in [1.54, 1.807) is 12.7 Å². The van der Waals surface area contributed by atoms with Crippen molar-refractivity contribution in [3.05, 3.63) is 12.7 Å². The van der Waals surface area contributed by atoms with E-state index >= 15 is 0 Å². The number of hydrogen-bond acceptors (Lipinski definition) is 4. The molecular formula is C11H23Cl2N5. The topological polar surface area (TPSA) is 46.0 Å². The van der Waals surface area contributed by atoms with Gasteiger partial charge in [0.2, 0.25) is 0 Å². The van der Waals surface area contributed by atoms with Crippen molar-refractivity contribution in [2.45, 2.75) is 32.4 Å². The zero-order valence-electron chi connectivity index (χ0n) is 10.8. The van der Waals surface area contributed by atoms with Gasteiger partial charge in [0.1, 0.15) is 12.7 Å². The first-order valence-corrected chi connectivity index (χ1v) is 6.17. The molecule has 1 aliphatic heterocycles. The number of nitrogens with one attached hydrogen (secondary N) is 1. The zero-order valence-corrected chi connectivity index (χ0v) is 12.4. The minimum atomic E-state index is 0. The van der Waals surface area contributed by atoms with Gasteiger partial charge in [-0.3, -0.25) is 9.58 Å². The number of hydrogen-bond donors (Lipinski definition) is 1. The maximum absolute atomic E-state index is 4.13. The van der Waals surface area contributed by atoms with Gasteiger partial charge in [0.25, 0.3) is 0 Å². The van der Waals surface area contributed by atoms with Crippen LogP contribution in [0.15, 0.2) is 12.7 Å². The number of nitrogens with zero attached hydrogens (tertiary/aromatic N) is 4. The average molecular weight is 296 g/mol. The van der Waals surface area contributed by atoms with Gasteiger partial charge < -0.3 is 5.32 Å². The van der Waals surface area contributed by atoms with Gasteiger partial charge >= 0.3 is 0 Å². The second-order valence-corrected chi connectivity index (χ2v) is 4.34. The molecule has 5 nitrogen and oxygen atoms in total. The molecule has 1 aromatic rings. The number of aromatic nitrogens is 3. The Morgan fingerprint density at radius 1 is 1.33 bits per heavy atom. The van der Waals surface area contributed by atoms with E-state index in [1.165, 1.54) is 12.8 Å². The molecule has 106 valence electrons. The highest BCUT2D eigenvalue weighted by atomic mass is 35.5. The van der Waals surface area contributed by atoms with Crippen molar-refractivity contribution in [1.82, 2.24) is 25.0 Å². The summed E-state index contributed by atoms with van der Waals surface area (Å²) in [4.78, 5) is 6.53. The molecule has 1 unspecified atom stereocenters. The summed E-state index contributed by atoms with van der Waals surface area (Å²) in [7, 11) is 0. The normalized spacial score (nSPS) is 19.9. The summed E-state index contributed by atoms with van der Waals surface area (Å²) >= 11 is 0. The van der Waals surface area contributed by atoms with Crippen LogP contribution < -0.4 is 5.32 Å². The Kier molecular flexibility index (Phi) is 9.36. The highest BCUT2D eigenvalue weighted by Gasteiger charge is 2.20. The fraction of sp³-hybridized carbons (Fsp3) is 0.818. The maximum Gasteiger partial charge on any atom is 0.137 e. The van der Waals surface area contributed by atoms with Crippen LogP contribution in [-0.4, -0.2) is 51.9 Å². The summed E-state index contributed by atoms with van der Waals surface area (Å²) in [5, 5.41) is 7.60. The Morgan fingerprint density at radius 3 is 2.83 bits per heavy atom. The molecule has 0 amide bonds. The van der Waals surface area contributed by atoms with Gasteiger partial charge in [0, 0.05) is 32.2 Å². The van der Waals surface area contributed by atoms with E-state index in [4.69, 9.17) is 0 Å². The molecule has 2 heterocycles. The second kappa shape index (κ2) is 9.55. The summed E-state index contributed by atoms with van der Waals surface area (Å²) in [6, 6.07) is 0.697. The number of halogens is 2. The molecule has 0 radical (unpaired) electrons. The Hall–Kier alpha value is -0.360. The smallest absolute Gasteiger partial charge is 0.137 e. The summed E-state index contributed by atoms with van der Waals surface area (Å²) in [5.74, 6) is 0. The van der Waals surface area contributed by atoms with Gasteiger partial charge in [0.15, 0.2) is 0 Å². The number of rotatable bonds is 5. The lowest BCUT2D eigenvalue weighted by Gasteiger charge is -2.36. The van der Waals surface area contributed by atoms with Crippen LogP contribution >= 0.6 is 24.8 Å². The summed E-state index contributed by atoms with van der Waals surface area (Å²) in [5.41, 5.74) is 0. The van der Waals surface area contributed by atoms with Gasteiger partial charge in [-0.05, 0) is 6.42 Å². The summed E-state index contributed by atoms with van der Waals surface area (Å²) < 4.78 is 1.91. The molecular weight excluding hydrogens is 273 g/mol. The van der Waals surface area contributed by atoms with E-state index in [-0.39, 0.29) is 24.8 Å². The van der Waals surface area contributed by atoms with Crippen molar-refractivity contribution in [3.8, 4) is 0 Å². The average Bonchev–Trinajstić information content (AvgIpc) is 2.81. The van der Waals surface area contributed by atoms with E-state index in [9.17, 15) is 0 Å². The van der Waals surface area contributed by atoms with Crippen molar-refractivity contribution in [1.29, 1.82) is 0 Å². The minimum Gasteiger partial charge on any atom is -0.314 e. The molecule has 1 aliphatic rings. The summed E-state index contributed by atoms with van der Waals surface area (Å²) in [6.07, 6.45) is 5.93. The zero-order chi connectivity index (χ0) is 11.2. The predicted molar refractivity (Wildman–Crippen MR) is 77.7 cm³/mol. The molecule has 0 saturated carbocycles. The van der Waals surface area contributed by atoms with Crippen LogP contribution in [0.3, 0.4) is 0 Å². The molecule has 0 spiro atoms. The highest BCUT2D eigenvalue weighted by molar-refractivity contribution is 5.85. The third kappa shape index (κ3) is 5.10. The van der Waals surface area contributed by atoms with E-state index < -0.39 is 0 Å². The third-order valence-electron chi connectivity index (χ3n) is 3.18. The van der Waals surface area contributed by atoms with Crippen molar-refractivity contribution in [2.24, 2.45) is 0 Å². The monoisotopic (exact) mass is 295 g/mol. The Balaban J connectivity index is 0.00000144. The standard InChI is InChI=1S/C11H21N5.2ClH/c1-2-3-11-8-12-4-5-15(11)6-7-16-10-13-9-14-16;;/h9-12H,2-8H2,1H3;2*1H. The van der Waals surface area contributed by atoms with Gasteiger partial charge in [-0.25, -0.2) is 4.98 Å². The summed E-state index contributed by atoms with van der Waals surface area (Å²) in [6.45, 7) is 7.67. The molecule has 0 aromatic carbocycles. The van der Waals surface area contributed by atoms with Crippen LogP contribution in [0.5, 0.6) is 0 Å². The maximum atomic E-state index is 4.13. The second-order valence-electron chi connectivity index (χ2n) is 4.34. The number of piperazine rings is 1. The minimum absolute atomic E-state index is 0. The lowest BCUT2D eigenvalue weighted by molar-refractivity contribution is 0.145. The molecule has 2 rings (SSSR count). The lowest BCUT2D eigenvalue weighted by Crippen LogP contribution is -2.51. The first-order chi connectivity index (χ1) is 7.90.